The van der Waals surface area contributed by atoms with E-state index in [1.807, 2.05) is 6.20 Å². The normalized spacial score (nSPS) is 11.5. The van der Waals surface area contributed by atoms with Gasteiger partial charge in [-0.05, 0) is 55.9 Å². The maximum atomic E-state index is 14.4. The van der Waals surface area contributed by atoms with E-state index in [2.05, 4.69) is 60.8 Å². The molecule has 3 nitrogen and oxygen atoms in total. The molecule has 0 saturated heterocycles. The molecule has 0 atom stereocenters. The van der Waals surface area contributed by atoms with E-state index in [1.165, 1.54) is 102 Å². The average Bonchev–Trinajstić information content (AvgIpc) is 0.827. The summed E-state index contributed by atoms with van der Waals surface area (Å²) in [7, 11) is -1.55. The number of nitrogens with zero attached hydrogens (tertiary/aromatic N) is 1. The molecule has 101 heavy (non-hydrogen) atoms. The lowest BCUT2D eigenvalue weighted by Crippen LogP contribution is -2.60. The van der Waals surface area contributed by atoms with Crippen LogP contribution in [0.15, 0.2) is 30.5 Å². The maximum absolute atomic E-state index is 14.4. The highest BCUT2D eigenvalue weighted by Gasteiger charge is 2.47. The molecule has 0 aliphatic carbocycles. The van der Waals surface area contributed by atoms with Crippen LogP contribution in [0.1, 0.15) is 109 Å². The first-order valence-electron chi connectivity index (χ1n) is 30.2. The molecule has 0 amide bonds. The molecule has 7 aromatic carbocycles. The third-order valence-corrected chi connectivity index (χ3v) is 16.3. The summed E-state index contributed by atoms with van der Waals surface area (Å²) in [6, 6.07) is 8.40. The van der Waals surface area contributed by atoms with Crippen LogP contribution in [0.4, 0.5) is 132 Å². The van der Waals surface area contributed by atoms with Crippen molar-refractivity contribution in [2.75, 3.05) is 0 Å². The number of aromatic amines is 1. The van der Waals surface area contributed by atoms with E-state index in [-0.39, 0.29) is 0 Å². The fourth-order valence-electron chi connectivity index (χ4n) is 10.5. The molecule has 8 aromatic rings. The molecule has 0 aliphatic heterocycles. The fourth-order valence-corrected chi connectivity index (χ4v) is 11.3. The van der Waals surface area contributed by atoms with Gasteiger partial charge in [0.2, 0.25) is 8.32 Å². The third-order valence-electron chi connectivity index (χ3n) is 15.4. The zero-order valence-electron chi connectivity index (χ0n) is 52.5. The molecule has 0 radical (unpaired) electrons. The Hall–Kier alpha value is -8.20. The molecular weight excluding hydrogens is 1440 g/mol. The molecule has 8 rings (SSSR count). The van der Waals surface area contributed by atoms with Gasteiger partial charge in [-0.3, -0.25) is 0 Å². The standard InChI is InChI=1S/C29H50N2OSi.2C18BF15/c1-5-6-7-8-9-10-11-12-13-14-15-16-17-18-19-20-29-30-25-28(31-29)26-21-23-27(24-22-26)32-33(2,3)4;2*20-4-1(5(21)11(27)16(32)10(4)26)19(2-6(22)12(28)17(33)13(29)7(2)23)3-8(24)14(30)18(34)15(31)9(3)25/h21-25H,5-20H2,1-4H3,(H,30,31);;. The van der Waals surface area contributed by atoms with Gasteiger partial charge >= 0.3 is 0 Å². The lowest BCUT2D eigenvalue weighted by atomic mass is 9.36. The van der Waals surface area contributed by atoms with Crippen molar-refractivity contribution in [1.82, 2.24) is 9.97 Å². The first-order chi connectivity index (χ1) is 47.3. The van der Waals surface area contributed by atoms with Crippen LogP contribution < -0.4 is 37.2 Å². The lowest BCUT2D eigenvalue weighted by molar-refractivity contribution is 0.380. The number of rotatable bonds is 25. The predicted molar refractivity (Wildman–Crippen MR) is 313 cm³/mol. The molecule has 0 bridgehead atoms. The highest BCUT2D eigenvalue weighted by molar-refractivity contribution is 6.96. The molecular formula is C65H50B2F30N2OSi. The van der Waals surface area contributed by atoms with E-state index < -0.39 is 229 Å². The van der Waals surface area contributed by atoms with E-state index >= 15 is 0 Å². The van der Waals surface area contributed by atoms with Crippen LogP contribution in [0.3, 0.4) is 0 Å². The van der Waals surface area contributed by atoms with Crippen molar-refractivity contribution < 1.29 is 136 Å². The minimum absolute atomic E-state index is 0.968. The largest absolute Gasteiger partial charge is 0.544 e. The summed E-state index contributed by atoms with van der Waals surface area (Å²) in [6.45, 7) is 0.999. The second-order valence-electron chi connectivity index (χ2n) is 23.4. The van der Waals surface area contributed by atoms with Crippen molar-refractivity contribution >= 4 is 54.5 Å². The van der Waals surface area contributed by atoms with Crippen molar-refractivity contribution in [3.8, 4) is 17.0 Å². The number of imidazole rings is 1. The Bertz CT molecular complexity index is 3630. The van der Waals surface area contributed by atoms with Gasteiger partial charge in [0.1, 0.15) is 11.6 Å². The van der Waals surface area contributed by atoms with E-state index in [4.69, 9.17) is 4.43 Å². The Balaban J connectivity index is 0.000000238. The zero-order chi connectivity index (χ0) is 75.7. The first kappa shape index (κ1) is 81.8. The van der Waals surface area contributed by atoms with Crippen LogP contribution in [-0.4, -0.2) is 31.7 Å². The summed E-state index contributed by atoms with van der Waals surface area (Å²) in [5, 5.41) is 0. The van der Waals surface area contributed by atoms with Crippen LogP contribution in [0.5, 0.6) is 5.75 Å². The SMILES string of the molecule is CCCCCCCCCCCCCCCCCc1ncc(-c2ccc(O[Si](C)(C)C)cc2)[nH]1.Fc1c(F)c(F)c(B(c2c(F)c(F)c(F)c(F)c2F)c2c(F)c(F)c(F)c(F)c2F)c(F)c1F.Fc1c(F)c(F)c(B(c2c(F)c(F)c(F)c(F)c2F)c2c(F)c(F)c(F)c(F)c2F)c(F)c1F. The minimum Gasteiger partial charge on any atom is -0.544 e. The molecule has 1 N–H and O–H groups in total. The van der Waals surface area contributed by atoms with Crippen molar-refractivity contribution in [1.29, 1.82) is 0 Å². The number of unbranched alkanes of at least 4 members (excludes halogenated alkanes) is 14. The Kier molecular flexibility index (Phi) is 28.0. The molecule has 0 unspecified atom stereocenters. The van der Waals surface area contributed by atoms with Gasteiger partial charge in [-0.15, -0.1) is 0 Å². The number of nitrogens with one attached hydrogen (secondary N) is 1. The number of hydrogen-bond donors (Lipinski definition) is 1. The Labute approximate surface area is 556 Å². The molecule has 546 valence electrons. The second kappa shape index (κ2) is 34.6. The van der Waals surface area contributed by atoms with Crippen LogP contribution >= 0.6 is 0 Å². The van der Waals surface area contributed by atoms with Gasteiger partial charge in [0.15, 0.2) is 175 Å². The van der Waals surface area contributed by atoms with Gasteiger partial charge < -0.3 is 9.41 Å². The molecule has 0 spiro atoms. The number of benzene rings is 7. The quantitative estimate of drug-likeness (QED) is 0.0204. The van der Waals surface area contributed by atoms with Crippen molar-refractivity contribution in [3.63, 3.8) is 0 Å². The van der Waals surface area contributed by atoms with E-state index in [0.29, 0.717) is 0 Å². The average molecular weight is 1490 g/mol. The van der Waals surface area contributed by atoms with E-state index in [1.54, 1.807) is 0 Å². The van der Waals surface area contributed by atoms with Gasteiger partial charge in [0.05, 0.1) is 11.9 Å². The highest BCUT2D eigenvalue weighted by atomic mass is 28.4. The summed E-state index contributed by atoms with van der Waals surface area (Å²) in [5.74, 6) is -88.4. The topological polar surface area (TPSA) is 37.9 Å². The van der Waals surface area contributed by atoms with Crippen LogP contribution in [0, 0.1) is 175 Å². The molecule has 0 fully saturated rings. The number of halogens is 30. The van der Waals surface area contributed by atoms with E-state index in [0.717, 1.165) is 23.7 Å². The summed E-state index contributed by atoms with van der Waals surface area (Å²) < 4.78 is 423. The Morgan fingerprint density at radius 1 is 0.287 bits per heavy atom. The fraction of sp³-hybridized carbons (Fsp3) is 0.308. The number of hydrogen-bond acceptors (Lipinski definition) is 2. The predicted octanol–water partition coefficient (Wildman–Crippen LogP) is 18.3. The van der Waals surface area contributed by atoms with Gasteiger partial charge in [0.25, 0.3) is 13.4 Å². The number of aryl methyl sites for hydroxylation is 1. The monoisotopic (exact) mass is 1490 g/mol. The lowest BCUT2D eigenvalue weighted by Gasteiger charge is -2.21. The van der Waals surface area contributed by atoms with Gasteiger partial charge in [-0.2, -0.15) is 0 Å². The molecule has 0 saturated carbocycles. The number of H-pyrrole nitrogens is 1. The molecule has 0 aliphatic rings. The number of aromatic nitrogens is 2. The van der Waals surface area contributed by atoms with E-state index in [9.17, 15) is 132 Å². The summed E-state index contributed by atoms with van der Waals surface area (Å²) in [6.07, 6.45) is 24.1. The van der Waals surface area contributed by atoms with Gasteiger partial charge in [-0.1, -0.05) is 96.8 Å². The third kappa shape index (κ3) is 17.6. The Morgan fingerprint density at radius 3 is 0.693 bits per heavy atom. The highest BCUT2D eigenvalue weighted by Crippen LogP contribution is 2.29. The maximum Gasteiger partial charge on any atom is 0.265 e. The van der Waals surface area contributed by atoms with Crippen molar-refractivity contribution in [2.24, 2.45) is 0 Å². The second-order valence-corrected chi connectivity index (χ2v) is 27.9. The Morgan fingerprint density at radius 2 is 0.485 bits per heavy atom. The minimum atomic E-state index is -3.96. The van der Waals surface area contributed by atoms with Crippen LogP contribution in [0.2, 0.25) is 19.6 Å². The summed E-state index contributed by atoms with van der Waals surface area (Å²) in [4.78, 5) is 8.10. The molecule has 1 aromatic heterocycles. The van der Waals surface area contributed by atoms with Crippen molar-refractivity contribution in [2.45, 2.75) is 129 Å². The van der Waals surface area contributed by atoms with Gasteiger partial charge in [0, 0.05) is 39.2 Å². The smallest absolute Gasteiger partial charge is 0.265 e. The zero-order valence-corrected chi connectivity index (χ0v) is 53.5. The van der Waals surface area contributed by atoms with Crippen LogP contribution in [0.25, 0.3) is 11.3 Å². The summed E-state index contributed by atoms with van der Waals surface area (Å²) in [5.41, 5.74) is -13.8. The molecule has 36 heteroatoms. The summed E-state index contributed by atoms with van der Waals surface area (Å²) >= 11 is 0. The van der Waals surface area contributed by atoms with Crippen molar-refractivity contribution in [3.05, 3.63) is 211 Å². The van der Waals surface area contributed by atoms with Gasteiger partial charge in [-0.25, -0.2) is 137 Å². The first-order valence-corrected chi connectivity index (χ1v) is 33.6. The molecule has 1 heterocycles. The van der Waals surface area contributed by atoms with Crippen LogP contribution in [-0.2, 0) is 6.42 Å².